The van der Waals surface area contributed by atoms with Gasteiger partial charge >= 0.3 is 6.18 Å². The van der Waals surface area contributed by atoms with Gasteiger partial charge in [0, 0.05) is 55.8 Å². The zero-order chi connectivity index (χ0) is 27.8. The molecule has 0 unspecified atom stereocenters. The van der Waals surface area contributed by atoms with Crippen LogP contribution in [0.25, 0.3) is 22.2 Å². The molecular formula is C26H27F3N6O3S. The van der Waals surface area contributed by atoms with Gasteiger partial charge in [-0.05, 0) is 37.6 Å². The van der Waals surface area contributed by atoms with E-state index in [1.807, 2.05) is 6.92 Å². The molecule has 0 bridgehead atoms. The standard InChI is InChI=1S/C26H27F3N6O3S/c1-17-6-7-19(22-8-9-32-38-22)14-23(17)39(36,37)35-12-10-34(11-13-35)15-18(2)33-25-20-4-3-5-21(26(27,28)29)24(20)30-16-31-25/h3-9,14,16,18H,10-13,15H2,1-2H3,(H,30,31,33)/t18-/m0/s1. The number of piperazine rings is 1. The lowest BCUT2D eigenvalue weighted by Gasteiger charge is -2.35. The Morgan fingerprint density at radius 2 is 1.85 bits per heavy atom. The van der Waals surface area contributed by atoms with E-state index in [4.69, 9.17) is 4.52 Å². The summed E-state index contributed by atoms with van der Waals surface area (Å²) >= 11 is 0. The molecule has 13 heteroatoms. The number of sulfonamides is 1. The van der Waals surface area contributed by atoms with Crippen LogP contribution in [0.3, 0.4) is 0 Å². The van der Waals surface area contributed by atoms with E-state index in [9.17, 15) is 21.6 Å². The van der Waals surface area contributed by atoms with Crippen molar-refractivity contribution in [1.29, 1.82) is 0 Å². The molecule has 1 aliphatic rings. The molecule has 1 aliphatic heterocycles. The fourth-order valence-electron chi connectivity index (χ4n) is 4.79. The van der Waals surface area contributed by atoms with Gasteiger partial charge < -0.3 is 9.84 Å². The quantitative estimate of drug-likeness (QED) is 0.354. The van der Waals surface area contributed by atoms with Crippen LogP contribution >= 0.6 is 0 Å². The number of benzene rings is 2. The third-order valence-electron chi connectivity index (χ3n) is 6.74. The number of nitrogens with zero attached hydrogens (tertiary/aromatic N) is 5. The Morgan fingerprint density at radius 1 is 1.08 bits per heavy atom. The Morgan fingerprint density at radius 3 is 2.54 bits per heavy atom. The third-order valence-corrected chi connectivity index (χ3v) is 8.79. The molecule has 1 fully saturated rings. The van der Waals surface area contributed by atoms with E-state index in [2.05, 4.69) is 25.3 Å². The van der Waals surface area contributed by atoms with Crippen LogP contribution in [0.4, 0.5) is 19.0 Å². The predicted octanol–water partition coefficient (Wildman–Crippen LogP) is 4.42. The number of hydrogen-bond donors (Lipinski definition) is 1. The molecule has 0 amide bonds. The topological polar surface area (TPSA) is 104 Å². The molecule has 3 heterocycles. The van der Waals surface area contributed by atoms with Crippen LogP contribution in [0.1, 0.15) is 18.1 Å². The minimum absolute atomic E-state index is 0.156. The van der Waals surface area contributed by atoms with Crippen LogP contribution in [0.15, 0.2) is 64.4 Å². The molecule has 9 nitrogen and oxygen atoms in total. The molecule has 1 atom stereocenters. The fourth-order valence-corrected chi connectivity index (χ4v) is 6.46. The van der Waals surface area contributed by atoms with Gasteiger partial charge in [0.25, 0.3) is 0 Å². The second-order valence-electron chi connectivity index (χ2n) is 9.53. The number of para-hydroxylation sites is 1. The SMILES string of the molecule is Cc1ccc(-c2ccno2)cc1S(=O)(=O)N1CCN(C[C@H](C)Nc2ncnc3c(C(F)(F)F)cccc23)CC1. The number of alkyl halides is 3. The largest absolute Gasteiger partial charge is 0.418 e. The Balaban J connectivity index is 1.24. The average Bonchev–Trinajstić information content (AvgIpc) is 3.43. The van der Waals surface area contributed by atoms with Crippen molar-refractivity contribution in [3.05, 3.63) is 66.1 Å². The molecule has 39 heavy (non-hydrogen) atoms. The lowest BCUT2D eigenvalue weighted by molar-refractivity contribution is -0.136. The fraction of sp³-hybridized carbons (Fsp3) is 0.346. The van der Waals surface area contributed by atoms with Crippen molar-refractivity contribution in [2.45, 2.75) is 31.0 Å². The third kappa shape index (κ3) is 5.60. The van der Waals surface area contributed by atoms with E-state index in [0.29, 0.717) is 55.4 Å². The second-order valence-corrected chi connectivity index (χ2v) is 11.4. The molecule has 0 aliphatic carbocycles. The summed E-state index contributed by atoms with van der Waals surface area (Å²) in [4.78, 5) is 10.4. The van der Waals surface area contributed by atoms with E-state index in [1.165, 1.54) is 16.6 Å². The summed E-state index contributed by atoms with van der Waals surface area (Å²) < 4.78 is 73.8. The summed E-state index contributed by atoms with van der Waals surface area (Å²) in [6.07, 6.45) is -1.90. The number of hydrogen-bond acceptors (Lipinski definition) is 8. The van der Waals surface area contributed by atoms with Crippen LogP contribution < -0.4 is 5.32 Å². The first kappa shape index (κ1) is 27.0. The molecule has 0 saturated carbocycles. The van der Waals surface area contributed by atoms with Crippen molar-refractivity contribution in [2.75, 3.05) is 38.0 Å². The summed E-state index contributed by atoms with van der Waals surface area (Å²) in [6, 6.07) is 10.6. The molecule has 4 aromatic rings. The van der Waals surface area contributed by atoms with Crippen LogP contribution in [0.5, 0.6) is 0 Å². The van der Waals surface area contributed by atoms with Gasteiger partial charge in [0.15, 0.2) is 5.76 Å². The van der Waals surface area contributed by atoms with Gasteiger partial charge in [-0.15, -0.1) is 0 Å². The number of aromatic nitrogens is 3. The highest BCUT2D eigenvalue weighted by Crippen LogP contribution is 2.35. The zero-order valence-electron chi connectivity index (χ0n) is 21.3. The zero-order valence-corrected chi connectivity index (χ0v) is 22.1. The Hall–Kier alpha value is -3.55. The summed E-state index contributed by atoms with van der Waals surface area (Å²) in [5, 5.41) is 7.18. The maximum Gasteiger partial charge on any atom is 0.418 e. The predicted molar refractivity (Wildman–Crippen MR) is 139 cm³/mol. The van der Waals surface area contributed by atoms with Crippen molar-refractivity contribution in [1.82, 2.24) is 24.3 Å². The Bertz CT molecular complexity index is 1570. The normalized spacial score (nSPS) is 16.4. The molecule has 0 radical (unpaired) electrons. The van der Waals surface area contributed by atoms with Crippen LogP contribution in [-0.2, 0) is 16.2 Å². The molecule has 1 N–H and O–H groups in total. The monoisotopic (exact) mass is 560 g/mol. The van der Waals surface area contributed by atoms with Crippen molar-refractivity contribution < 1.29 is 26.1 Å². The van der Waals surface area contributed by atoms with E-state index in [1.54, 1.807) is 37.3 Å². The van der Waals surface area contributed by atoms with Gasteiger partial charge in [0.2, 0.25) is 10.0 Å². The molecule has 206 valence electrons. The van der Waals surface area contributed by atoms with Gasteiger partial charge in [0.1, 0.15) is 12.1 Å². The highest BCUT2D eigenvalue weighted by atomic mass is 32.2. The summed E-state index contributed by atoms with van der Waals surface area (Å²) in [5.41, 5.74) is 0.312. The molecule has 5 rings (SSSR count). The van der Waals surface area contributed by atoms with Crippen LogP contribution in [-0.4, -0.2) is 71.5 Å². The number of anilines is 1. The molecule has 0 spiro atoms. The van der Waals surface area contributed by atoms with Gasteiger partial charge in [-0.3, -0.25) is 4.90 Å². The maximum absolute atomic E-state index is 13.5. The summed E-state index contributed by atoms with van der Waals surface area (Å²) in [5.74, 6) is 0.811. The number of fused-ring (bicyclic) bond motifs is 1. The number of halogens is 3. The summed E-state index contributed by atoms with van der Waals surface area (Å²) in [7, 11) is -3.73. The minimum Gasteiger partial charge on any atom is -0.366 e. The van der Waals surface area contributed by atoms with Gasteiger partial charge in [0.05, 0.1) is 22.2 Å². The Kier molecular flexibility index (Phi) is 7.31. The highest BCUT2D eigenvalue weighted by Gasteiger charge is 2.34. The van der Waals surface area contributed by atoms with E-state index >= 15 is 0 Å². The number of aryl methyl sites for hydroxylation is 1. The van der Waals surface area contributed by atoms with E-state index in [-0.39, 0.29) is 21.8 Å². The first-order valence-corrected chi connectivity index (χ1v) is 13.8. The lowest BCUT2D eigenvalue weighted by atomic mass is 10.1. The highest BCUT2D eigenvalue weighted by molar-refractivity contribution is 7.89. The van der Waals surface area contributed by atoms with Crippen LogP contribution in [0, 0.1) is 6.92 Å². The smallest absolute Gasteiger partial charge is 0.366 e. The number of nitrogens with one attached hydrogen (secondary N) is 1. The first-order chi connectivity index (χ1) is 18.5. The van der Waals surface area contributed by atoms with E-state index in [0.717, 1.165) is 12.4 Å². The van der Waals surface area contributed by atoms with Crippen molar-refractivity contribution in [3.63, 3.8) is 0 Å². The van der Waals surface area contributed by atoms with Gasteiger partial charge in [-0.2, -0.15) is 17.5 Å². The molecule has 2 aromatic carbocycles. The van der Waals surface area contributed by atoms with Crippen molar-refractivity contribution in [3.8, 4) is 11.3 Å². The van der Waals surface area contributed by atoms with E-state index < -0.39 is 21.8 Å². The second kappa shape index (κ2) is 10.5. The number of rotatable bonds is 7. The van der Waals surface area contributed by atoms with Crippen molar-refractivity contribution >= 4 is 26.7 Å². The minimum atomic E-state index is -4.52. The maximum atomic E-state index is 13.5. The molecular weight excluding hydrogens is 533 g/mol. The van der Waals surface area contributed by atoms with Gasteiger partial charge in [-0.25, -0.2) is 18.4 Å². The lowest BCUT2D eigenvalue weighted by Crippen LogP contribution is -2.50. The van der Waals surface area contributed by atoms with Crippen LogP contribution in [0.2, 0.25) is 0 Å². The summed E-state index contributed by atoms with van der Waals surface area (Å²) in [6.45, 7) is 5.86. The molecule has 2 aromatic heterocycles. The van der Waals surface area contributed by atoms with Crippen molar-refractivity contribution in [2.24, 2.45) is 0 Å². The average molecular weight is 561 g/mol. The van der Waals surface area contributed by atoms with Gasteiger partial charge in [-0.1, -0.05) is 23.4 Å². The first-order valence-electron chi connectivity index (χ1n) is 12.4. The Labute approximate surface area is 223 Å². The molecule has 1 saturated heterocycles.